The van der Waals surface area contributed by atoms with E-state index < -0.39 is 23.9 Å². The van der Waals surface area contributed by atoms with Gasteiger partial charge in [0.15, 0.2) is 0 Å². The van der Waals surface area contributed by atoms with Gasteiger partial charge in [0.1, 0.15) is 26.4 Å². The van der Waals surface area contributed by atoms with Crippen LogP contribution in [0.2, 0.25) is 0 Å². The van der Waals surface area contributed by atoms with E-state index in [1.807, 2.05) is 0 Å². The zero-order valence-corrected chi connectivity index (χ0v) is 24.2. The minimum absolute atomic E-state index is 0.192. The minimum Gasteiger partial charge on any atom is -0.460 e. The Kier molecular flexibility index (Phi) is 32.8. The maximum absolute atomic E-state index is 10.7. The van der Waals surface area contributed by atoms with Crippen molar-refractivity contribution in [2.24, 2.45) is 0 Å². The summed E-state index contributed by atoms with van der Waals surface area (Å²) in [4.78, 5) is 42.7. The maximum atomic E-state index is 10.7. The van der Waals surface area contributed by atoms with Gasteiger partial charge in [0.2, 0.25) is 0 Å². The predicted molar refractivity (Wildman–Crippen MR) is 150 cm³/mol. The Morgan fingerprint density at radius 1 is 0.310 bits per heavy atom. The zero-order chi connectivity index (χ0) is 31.5. The van der Waals surface area contributed by atoms with E-state index in [4.69, 9.17) is 47.4 Å². The molecule has 0 aliphatic rings. The molecule has 0 spiro atoms. The molecule has 0 aromatic heterocycles. The topological polar surface area (TPSA) is 161 Å². The Bertz CT molecular complexity index is 631. The number of esters is 4. The largest absolute Gasteiger partial charge is 0.460 e. The zero-order valence-electron chi connectivity index (χ0n) is 24.2. The lowest BCUT2D eigenvalue weighted by molar-refractivity contribution is -0.140. The van der Waals surface area contributed by atoms with Crippen LogP contribution in [0.3, 0.4) is 0 Å². The summed E-state index contributed by atoms with van der Waals surface area (Å²) >= 11 is 0. The van der Waals surface area contributed by atoms with Gasteiger partial charge in [-0.1, -0.05) is 26.3 Å². The SMILES string of the molecule is C=CC(=O)OCCOCCOCCOCCOC(=O)C=C.C=CC(=O)OCCOCCOCCOCCOC(=O)C=C. The normalized spacial score (nSPS) is 9.90. The quantitative estimate of drug-likeness (QED) is 0.0538. The third-order valence-electron chi connectivity index (χ3n) is 4.04. The highest BCUT2D eigenvalue weighted by Gasteiger charge is 1.98. The number of carbonyl (C=O) groups is 4. The second-order valence-corrected chi connectivity index (χ2v) is 7.16. The number of rotatable bonds is 28. The van der Waals surface area contributed by atoms with Gasteiger partial charge in [0.05, 0.1) is 79.3 Å². The standard InChI is InChI=1S/2C14H22O7/c2*1-3-13(15)20-11-9-18-7-5-17-6-8-19-10-12-21-14(16)4-2/h2*3-4H,1-2,5-12H2. The second kappa shape index (κ2) is 33.8. The molecule has 0 saturated heterocycles. The molecule has 0 aromatic rings. The maximum Gasteiger partial charge on any atom is 0.330 e. The fraction of sp³-hybridized carbons (Fsp3) is 0.571. The summed E-state index contributed by atoms with van der Waals surface area (Å²) in [5, 5.41) is 0. The van der Waals surface area contributed by atoms with Crippen molar-refractivity contribution in [2.75, 3.05) is 106 Å². The lowest BCUT2D eigenvalue weighted by atomic mass is 10.6. The Balaban J connectivity index is 0. The highest BCUT2D eigenvalue weighted by Crippen LogP contribution is 1.87. The molecule has 0 fully saturated rings. The first-order valence-corrected chi connectivity index (χ1v) is 13.0. The molecule has 14 nitrogen and oxygen atoms in total. The van der Waals surface area contributed by atoms with E-state index in [0.717, 1.165) is 24.3 Å². The van der Waals surface area contributed by atoms with Gasteiger partial charge >= 0.3 is 23.9 Å². The number of hydrogen-bond donors (Lipinski definition) is 0. The molecule has 0 atom stereocenters. The number of hydrogen-bond acceptors (Lipinski definition) is 14. The first-order valence-electron chi connectivity index (χ1n) is 13.0. The Hall–Kier alpha value is -3.40. The van der Waals surface area contributed by atoms with Crippen molar-refractivity contribution >= 4 is 23.9 Å². The molecule has 0 bridgehead atoms. The van der Waals surface area contributed by atoms with Crippen molar-refractivity contribution in [3.63, 3.8) is 0 Å². The van der Waals surface area contributed by atoms with Crippen LogP contribution in [0.5, 0.6) is 0 Å². The molecule has 0 radical (unpaired) electrons. The first kappa shape index (κ1) is 40.7. The van der Waals surface area contributed by atoms with Gasteiger partial charge in [-0.25, -0.2) is 19.2 Å². The van der Waals surface area contributed by atoms with Crippen molar-refractivity contribution < 1.29 is 66.5 Å². The van der Waals surface area contributed by atoms with Crippen molar-refractivity contribution in [1.29, 1.82) is 0 Å². The van der Waals surface area contributed by atoms with E-state index in [2.05, 4.69) is 26.3 Å². The first-order chi connectivity index (χ1) is 20.4. The molecule has 0 unspecified atom stereocenters. The fourth-order valence-electron chi connectivity index (χ4n) is 2.12. The average molecular weight is 605 g/mol. The van der Waals surface area contributed by atoms with Crippen LogP contribution < -0.4 is 0 Å². The van der Waals surface area contributed by atoms with Crippen LogP contribution in [-0.2, 0) is 66.5 Å². The predicted octanol–water partition coefficient (Wildman–Crippen LogP) is 0.989. The lowest BCUT2D eigenvalue weighted by Gasteiger charge is -2.07. The summed E-state index contributed by atoms with van der Waals surface area (Å²) in [6.45, 7) is 18.4. The molecule has 0 heterocycles. The number of carbonyl (C=O) groups excluding carboxylic acids is 4. The molecule has 0 aromatic carbocycles. The average Bonchev–Trinajstić information content (AvgIpc) is 3.01. The van der Waals surface area contributed by atoms with Gasteiger partial charge in [-0.3, -0.25) is 0 Å². The summed E-state index contributed by atoms with van der Waals surface area (Å²) < 4.78 is 50.0. The van der Waals surface area contributed by atoms with Crippen LogP contribution in [0, 0.1) is 0 Å². The molecule has 0 aliphatic heterocycles. The molecule has 0 rings (SSSR count). The van der Waals surface area contributed by atoms with E-state index in [0.29, 0.717) is 79.3 Å². The van der Waals surface area contributed by atoms with Gasteiger partial charge in [0, 0.05) is 24.3 Å². The molecule has 42 heavy (non-hydrogen) atoms. The fourth-order valence-corrected chi connectivity index (χ4v) is 2.12. The molecule has 0 aliphatic carbocycles. The van der Waals surface area contributed by atoms with Crippen molar-refractivity contribution in [3.8, 4) is 0 Å². The molecular weight excluding hydrogens is 560 g/mol. The van der Waals surface area contributed by atoms with Gasteiger partial charge in [0.25, 0.3) is 0 Å². The Labute approximate surface area is 247 Å². The highest BCUT2D eigenvalue weighted by atomic mass is 16.6. The van der Waals surface area contributed by atoms with Crippen LogP contribution in [0.15, 0.2) is 50.6 Å². The third kappa shape index (κ3) is 34.6. The van der Waals surface area contributed by atoms with Crippen molar-refractivity contribution in [2.45, 2.75) is 0 Å². The van der Waals surface area contributed by atoms with Crippen LogP contribution in [0.1, 0.15) is 0 Å². The van der Waals surface area contributed by atoms with E-state index >= 15 is 0 Å². The molecule has 0 amide bonds. The molecule has 240 valence electrons. The van der Waals surface area contributed by atoms with E-state index in [9.17, 15) is 19.2 Å². The van der Waals surface area contributed by atoms with Crippen LogP contribution in [-0.4, -0.2) is 130 Å². The lowest BCUT2D eigenvalue weighted by Crippen LogP contribution is -2.14. The molecule has 0 N–H and O–H groups in total. The van der Waals surface area contributed by atoms with Crippen molar-refractivity contribution in [1.82, 2.24) is 0 Å². The van der Waals surface area contributed by atoms with Gasteiger partial charge in [-0.15, -0.1) is 0 Å². The van der Waals surface area contributed by atoms with Crippen LogP contribution in [0.4, 0.5) is 0 Å². The van der Waals surface area contributed by atoms with Crippen LogP contribution in [0.25, 0.3) is 0 Å². The smallest absolute Gasteiger partial charge is 0.330 e. The van der Waals surface area contributed by atoms with E-state index in [1.165, 1.54) is 0 Å². The van der Waals surface area contributed by atoms with Gasteiger partial charge in [-0.05, 0) is 0 Å². The Morgan fingerprint density at radius 3 is 0.595 bits per heavy atom. The third-order valence-corrected chi connectivity index (χ3v) is 4.04. The number of ether oxygens (including phenoxy) is 10. The Morgan fingerprint density at radius 2 is 0.452 bits per heavy atom. The summed E-state index contributed by atoms with van der Waals surface area (Å²) in [6, 6.07) is 0. The summed E-state index contributed by atoms with van der Waals surface area (Å²) in [6.07, 6.45) is 4.39. The minimum atomic E-state index is -0.467. The highest BCUT2D eigenvalue weighted by molar-refractivity contribution is 5.82. The monoisotopic (exact) mass is 604 g/mol. The second-order valence-electron chi connectivity index (χ2n) is 7.16. The van der Waals surface area contributed by atoms with E-state index in [1.54, 1.807) is 0 Å². The van der Waals surface area contributed by atoms with Crippen LogP contribution >= 0.6 is 0 Å². The van der Waals surface area contributed by atoms with Crippen molar-refractivity contribution in [3.05, 3.63) is 50.6 Å². The molecule has 14 heteroatoms. The molecule has 0 saturated carbocycles. The van der Waals surface area contributed by atoms with Gasteiger partial charge in [-0.2, -0.15) is 0 Å². The summed E-state index contributed by atoms with van der Waals surface area (Å²) in [5.41, 5.74) is 0. The van der Waals surface area contributed by atoms with E-state index in [-0.39, 0.29) is 26.4 Å². The van der Waals surface area contributed by atoms with Gasteiger partial charge < -0.3 is 47.4 Å². The summed E-state index contributed by atoms with van der Waals surface area (Å²) in [5.74, 6) is -1.87. The molecular formula is C28H44O14. The summed E-state index contributed by atoms with van der Waals surface area (Å²) in [7, 11) is 0.